The first kappa shape index (κ1) is 32.7. The van der Waals surface area contributed by atoms with Gasteiger partial charge in [0.25, 0.3) is 0 Å². The third-order valence-corrected chi connectivity index (χ3v) is 11.1. The van der Waals surface area contributed by atoms with E-state index in [1.165, 1.54) is 44.3 Å². The van der Waals surface area contributed by atoms with E-state index in [1.54, 1.807) is 0 Å². The van der Waals surface area contributed by atoms with Crippen molar-refractivity contribution in [3.8, 4) is 78.7 Å². The molecule has 0 aliphatic heterocycles. The Morgan fingerprint density at radius 1 is 0.309 bits per heavy atom. The zero-order valence-electron chi connectivity index (χ0n) is 30.7. The van der Waals surface area contributed by atoms with Crippen molar-refractivity contribution in [1.29, 1.82) is 0 Å². The highest BCUT2D eigenvalue weighted by Crippen LogP contribution is 2.53. The monoisotopic (exact) mass is 703 g/mol. The maximum atomic E-state index is 5.31. The molecule has 260 valence electrons. The normalized spacial score (nSPS) is 12.7. The average molecular weight is 704 g/mol. The number of rotatable bonds is 6. The maximum absolute atomic E-state index is 5.31. The first-order valence-electron chi connectivity index (χ1n) is 18.9. The molecule has 55 heavy (non-hydrogen) atoms. The molecule has 1 aliphatic rings. The van der Waals surface area contributed by atoms with Crippen LogP contribution in [0.4, 0.5) is 0 Å². The molecule has 9 aromatic rings. The molecule has 0 radical (unpaired) electrons. The number of benzene rings is 8. The van der Waals surface area contributed by atoms with E-state index in [2.05, 4.69) is 190 Å². The van der Waals surface area contributed by atoms with Crippen molar-refractivity contribution < 1.29 is 0 Å². The third kappa shape index (κ3) is 5.73. The Hall–Kier alpha value is -6.97. The molecule has 0 atom stereocenters. The van der Waals surface area contributed by atoms with Crippen molar-refractivity contribution >= 4 is 10.8 Å². The van der Waals surface area contributed by atoms with Crippen molar-refractivity contribution in [3.63, 3.8) is 0 Å². The Bertz CT molecular complexity index is 2760. The largest absolute Gasteiger partial charge is 0.208 e. The predicted octanol–water partition coefficient (Wildman–Crippen LogP) is 13.3. The van der Waals surface area contributed by atoms with Crippen LogP contribution in [0.5, 0.6) is 0 Å². The van der Waals surface area contributed by atoms with Gasteiger partial charge in [0.05, 0.1) is 0 Å². The predicted molar refractivity (Wildman–Crippen MR) is 228 cm³/mol. The molecule has 0 N–H and O–H groups in total. The van der Waals surface area contributed by atoms with Gasteiger partial charge in [-0.15, -0.1) is 0 Å². The van der Waals surface area contributed by atoms with E-state index < -0.39 is 0 Å². The van der Waals surface area contributed by atoms with E-state index in [0.717, 1.165) is 38.8 Å². The second-order valence-corrected chi connectivity index (χ2v) is 14.8. The van der Waals surface area contributed by atoms with Gasteiger partial charge >= 0.3 is 0 Å². The van der Waals surface area contributed by atoms with Crippen LogP contribution in [0.3, 0.4) is 0 Å². The van der Waals surface area contributed by atoms with Gasteiger partial charge in [0.1, 0.15) is 0 Å². The van der Waals surface area contributed by atoms with E-state index >= 15 is 0 Å². The van der Waals surface area contributed by atoms with Gasteiger partial charge < -0.3 is 0 Å². The van der Waals surface area contributed by atoms with Crippen LogP contribution in [-0.4, -0.2) is 15.0 Å². The van der Waals surface area contributed by atoms with Crippen LogP contribution in [-0.2, 0) is 5.41 Å². The number of nitrogens with zero attached hydrogens (tertiary/aromatic N) is 3. The van der Waals surface area contributed by atoms with Gasteiger partial charge in [0.2, 0.25) is 0 Å². The topological polar surface area (TPSA) is 38.7 Å². The van der Waals surface area contributed by atoms with Crippen LogP contribution in [0.15, 0.2) is 188 Å². The highest BCUT2D eigenvalue weighted by Gasteiger charge is 2.37. The minimum absolute atomic E-state index is 0.193. The van der Waals surface area contributed by atoms with Gasteiger partial charge in [-0.25, -0.2) is 15.0 Å². The minimum atomic E-state index is -0.193. The fraction of sp³-hybridized carbons (Fsp3) is 0.0577. The smallest absolute Gasteiger partial charge is 0.164 e. The van der Waals surface area contributed by atoms with Gasteiger partial charge in [0, 0.05) is 22.1 Å². The molecule has 8 aromatic carbocycles. The van der Waals surface area contributed by atoms with Gasteiger partial charge in [-0.05, 0) is 78.5 Å². The third-order valence-electron chi connectivity index (χ3n) is 11.1. The second-order valence-electron chi connectivity index (χ2n) is 14.8. The highest BCUT2D eigenvalue weighted by atomic mass is 15.0. The summed E-state index contributed by atoms with van der Waals surface area (Å²) >= 11 is 0. The van der Waals surface area contributed by atoms with Gasteiger partial charge in [-0.3, -0.25) is 0 Å². The number of aromatic nitrogens is 3. The fourth-order valence-electron chi connectivity index (χ4n) is 8.36. The summed E-state index contributed by atoms with van der Waals surface area (Å²) in [4.78, 5) is 15.8. The molecule has 10 rings (SSSR count). The molecule has 0 spiro atoms. The molecule has 0 unspecified atom stereocenters. The molecule has 1 aromatic heterocycles. The summed E-state index contributed by atoms with van der Waals surface area (Å²) in [5.74, 6) is 1.92. The summed E-state index contributed by atoms with van der Waals surface area (Å²) in [6, 6.07) is 66.7. The van der Waals surface area contributed by atoms with Crippen LogP contribution in [0.1, 0.15) is 25.0 Å². The van der Waals surface area contributed by atoms with Gasteiger partial charge in [-0.1, -0.05) is 190 Å². The van der Waals surface area contributed by atoms with Crippen LogP contribution >= 0.6 is 0 Å². The summed E-state index contributed by atoms with van der Waals surface area (Å²) in [6.45, 7) is 4.69. The van der Waals surface area contributed by atoms with E-state index in [0.29, 0.717) is 17.5 Å². The van der Waals surface area contributed by atoms with Gasteiger partial charge in [-0.2, -0.15) is 0 Å². The second kappa shape index (κ2) is 13.2. The van der Waals surface area contributed by atoms with Crippen LogP contribution < -0.4 is 0 Å². The van der Waals surface area contributed by atoms with E-state index in [1.807, 2.05) is 12.1 Å². The van der Waals surface area contributed by atoms with Crippen LogP contribution in [0.2, 0.25) is 0 Å². The van der Waals surface area contributed by atoms with E-state index in [-0.39, 0.29) is 5.41 Å². The van der Waals surface area contributed by atoms with Crippen molar-refractivity contribution in [2.75, 3.05) is 0 Å². The van der Waals surface area contributed by atoms with E-state index in [4.69, 9.17) is 15.0 Å². The zero-order valence-corrected chi connectivity index (χ0v) is 30.7. The molecular weight excluding hydrogens is 667 g/mol. The molecule has 0 saturated heterocycles. The van der Waals surface area contributed by atoms with Crippen molar-refractivity contribution in [2.24, 2.45) is 0 Å². The Morgan fingerprint density at radius 3 is 1.27 bits per heavy atom. The molecule has 0 bridgehead atoms. The average Bonchev–Trinajstić information content (AvgIpc) is 3.50. The summed E-state index contributed by atoms with van der Waals surface area (Å²) in [5.41, 5.74) is 14.9. The number of fused-ring (bicyclic) bond motifs is 4. The lowest BCUT2D eigenvalue weighted by Gasteiger charge is -2.25. The van der Waals surface area contributed by atoms with Crippen molar-refractivity contribution in [1.82, 2.24) is 15.0 Å². The Morgan fingerprint density at radius 2 is 0.709 bits per heavy atom. The quantitative estimate of drug-likeness (QED) is 0.173. The molecular formula is C52H37N3. The fourth-order valence-corrected chi connectivity index (χ4v) is 8.36. The Labute approximate surface area is 321 Å². The van der Waals surface area contributed by atoms with Gasteiger partial charge in [0.15, 0.2) is 17.5 Å². The number of hydrogen-bond acceptors (Lipinski definition) is 3. The molecule has 1 aliphatic carbocycles. The molecule has 0 fully saturated rings. The minimum Gasteiger partial charge on any atom is -0.208 e. The zero-order chi connectivity index (χ0) is 36.9. The highest BCUT2D eigenvalue weighted by molar-refractivity contribution is 5.99. The number of hydrogen-bond donors (Lipinski definition) is 0. The van der Waals surface area contributed by atoms with Crippen LogP contribution in [0, 0.1) is 0 Å². The van der Waals surface area contributed by atoms with Crippen LogP contribution in [0.25, 0.3) is 89.4 Å². The lowest BCUT2D eigenvalue weighted by molar-refractivity contribution is 0.662. The molecule has 0 amide bonds. The van der Waals surface area contributed by atoms with Crippen molar-refractivity contribution in [2.45, 2.75) is 19.3 Å². The van der Waals surface area contributed by atoms with Crippen molar-refractivity contribution in [3.05, 3.63) is 199 Å². The summed E-state index contributed by atoms with van der Waals surface area (Å²) in [7, 11) is 0. The van der Waals surface area contributed by atoms with E-state index in [9.17, 15) is 0 Å². The summed E-state index contributed by atoms with van der Waals surface area (Å²) in [6.07, 6.45) is 0. The summed E-state index contributed by atoms with van der Waals surface area (Å²) in [5, 5.41) is 2.31. The first-order chi connectivity index (χ1) is 27.0. The Balaban J connectivity index is 1.19. The molecule has 1 heterocycles. The maximum Gasteiger partial charge on any atom is 0.164 e. The summed E-state index contributed by atoms with van der Waals surface area (Å²) < 4.78 is 0. The lowest BCUT2D eigenvalue weighted by Crippen LogP contribution is -2.16. The standard InChI is InChI=1S/C52H37N3/c1-52(2)47-23-12-11-20-42(47)43-21-13-22-44(48(43)52)45-32-40-18-9-10-19-41(40)33-46(45)51-54-49(38-28-24-36(25-29-38)34-14-5-3-6-15-34)53-50(55-51)39-30-26-37(27-31-39)35-16-7-4-8-17-35/h3-33H,1-2H3. The first-order valence-corrected chi connectivity index (χ1v) is 18.9. The Kier molecular flexibility index (Phi) is 7.81. The lowest BCUT2D eigenvalue weighted by atomic mass is 9.78. The molecule has 0 saturated carbocycles. The SMILES string of the molecule is CC1(C)c2ccccc2-c2cccc(-c3cc4ccccc4cc3-c3nc(-c4ccc(-c5ccccc5)cc4)nc(-c4ccc(-c5ccccc5)cc4)n3)c21. The molecule has 3 nitrogen and oxygen atoms in total. The molecule has 3 heteroatoms.